The molecule has 0 bridgehead atoms. The lowest BCUT2D eigenvalue weighted by Gasteiger charge is -2.10. The molecule has 0 aliphatic rings. The second-order valence-electron chi connectivity index (χ2n) is 4.48. The van der Waals surface area contributed by atoms with Gasteiger partial charge in [-0.2, -0.15) is 5.26 Å². The Labute approximate surface area is 89.6 Å². The van der Waals surface area contributed by atoms with Gasteiger partial charge in [-0.3, -0.25) is 0 Å². The van der Waals surface area contributed by atoms with Crippen LogP contribution in [0.5, 0.6) is 0 Å². The lowest BCUT2D eigenvalue weighted by Crippen LogP contribution is -2.13. The molecular weight excluding hydrogens is 192 g/mol. The van der Waals surface area contributed by atoms with Gasteiger partial charge in [0.05, 0.1) is 11.8 Å². The number of nitriles is 1. The van der Waals surface area contributed by atoms with Crippen molar-refractivity contribution in [3.05, 3.63) is 16.1 Å². The Morgan fingerprint density at radius 2 is 2.21 bits per heavy atom. The van der Waals surface area contributed by atoms with E-state index in [1.165, 1.54) is 0 Å². The van der Waals surface area contributed by atoms with Crippen LogP contribution in [0, 0.1) is 17.2 Å². The molecular formula is C11H16N2S. The largest absolute Gasteiger partial charge is 0.245 e. The van der Waals surface area contributed by atoms with Gasteiger partial charge in [-0.25, -0.2) is 4.98 Å². The highest BCUT2D eigenvalue weighted by atomic mass is 32.1. The van der Waals surface area contributed by atoms with Crippen molar-refractivity contribution >= 4 is 11.3 Å². The maximum Gasteiger partial charge on any atom is 0.113 e. The van der Waals surface area contributed by atoms with Crippen LogP contribution in [0.15, 0.2) is 5.38 Å². The minimum Gasteiger partial charge on any atom is -0.245 e. The summed E-state index contributed by atoms with van der Waals surface area (Å²) in [6.45, 7) is 8.17. The molecule has 0 spiro atoms. The van der Waals surface area contributed by atoms with Gasteiger partial charge in [-0.15, -0.1) is 11.3 Å². The fourth-order valence-corrected chi connectivity index (χ4v) is 2.06. The van der Waals surface area contributed by atoms with Gasteiger partial charge in [0.1, 0.15) is 10.4 Å². The van der Waals surface area contributed by atoms with Crippen LogP contribution in [-0.4, -0.2) is 4.98 Å². The van der Waals surface area contributed by atoms with Crippen LogP contribution in [-0.2, 0) is 11.8 Å². The summed E-state index contributed by atoms with van der Waals surface area (Å²) in [5.74, 6) is 0.621. The second kappa shape index (κ2) is 4.10. The Bertz CT molecular complexity index is 344. The van der Waals surface area contributed by atoms with Crippen molar-refractivity contribution in [3.8, 4) is 6.07 Å². The first-order chi connectivity index (χ1) is 6.45. The van der Waals surface area contributed by atoms with E-state index in [2.05, 4.69) is 30.3 Å². The van der Waals surface area contributed by atoms with Gasteiger partial charge < -0.3 is 0 Å². The Morgan fingerprint density at radius 1 is 1.57 bits per heavy atom. The Balaban J connectivity index is 2.84. The van der Waals surface area contributed by atoms with E-state index < -0.39 is 5.41 Å². The molecule has 0 saturated carbocycles. The fraction of sp³-hybridized carbons (Fsp3) is 0.636. The van der Waals surface area contributed by atoms with E-state index in [0.29, 0.717) is 5.92 Å². The molecule has 1 aromatic heterocycles. The highest BCUT2D eigenvalue weighted by Gasteiger charge is 2.23. The molecule has 0 aliphatic heterocycles. The van der Waals surface area contributed by atoms with E-state index in [0.717, 1.165) is 17.1 Å². The lowest BCUT2D eigenvalue weighted by molar-refractivity contribution is 0.625. The standard InChI is InChI=1S/C11H16N2S/c1-8(2)5-9-6-14-10(13-9)11(3,4)7-12/h6,8H,5H2,1-4H3. The molecule has 0 aliphatic carbocycles. The summed E-state index contributed by atoms with van der Waals surface area (Å²) >= 11 is 1.59. The summed E-state index contributed by atoms with van der Waals surface area (Å²) in [6.07, 6.45) is 0.998. The van der Waals surface area contributed by atoms with Crippen LogP contribution in [0.2, 0.25) is 0 Å². The van der Waals surface area contributed by atoms with Gasteiger partial charge in [-0.1, -0.05) is 13.8 Å². The van der Waals surface area contributed by atoms with Gasteiger partial charge in [-0.05, 0) is 26.2 Å². The molecule has 76 valence electrons. The molecule has 0 radical (unpaired) electrons. The van der Waals surface area contributed by atoms with Crippen molar-refractivity contribution < 1.29 is 0 Å². The molecule has 0 N–H and O–H groups in total. The predicted octanol–water partition coefficient (Wildman–Crippen LogP) is 3.14. The zero-order valence-electron chi connectivity index (χ0n) is 9.16. The van der Waals surface area contributed by atoms with Crippen LogP contribution < -0.4 is 0 Å². The average molecular weight is 208 g/mol. The van der Waals surface area contributed by atoms with Gasteiger partial charge in [0.15, 0.2) is 0 Å². The van der Waals surface area contributed by atoms with Crippen LogP contribution in [0.3, 0.4) is 0 Å². The third-order valence-corrected chi connectivity index (χ3v) is 3.20. The zero-order valence-corrected chi connectivity index (χ0v) is 9.98. The summed E-state index contributed by atoms with van der Waals surface area (Å²) in [4.78, 5) is 4.49. The number of hydrogen-bond acceptors (Lipinski definition) is 3. The van der Waals surface area contributed by atoms with E-state index in [4.69, 9.17) is 5.26 Å². The van der Waals surface area contributed by atoms with Crippen molar-refractivity contribution in [3.63, 3.8) is 0 Å². The third-order valence-electron chi connectivity index (χ3n) is 1.98. The van der Waals surface area contributed by atoms with Crippen molar-refractivity contribution in [1.29, 1.82) is 5.26 Å². The molecule has 3 heteroatoms. The monoisotopic (exact) mass is 208 g/mol. The second-order valence-corrected chi connectivity index (χ2v) is 5.34. The summed E-state index contributed by atoms with van der Waals surface area (Å²) in [5.41, 5.74) is 0.670. The fourth-order valence-electron chi connectivity index (χ4n) is 1.15. The Hall–Kier alpha value is -0.880. The molecule has 0 fully saturated rings. The molecule has 2 nitrogen and oxygen atoms in total. The maximum absolute atomic E-state index is 8.96. The molecule has 0 unspecified atom stereocenters. The molecule has 0 amide bonds. The van der Waals surface area contributed by atoms with Crippen LogP contribution in [0.25, 0.3) is 0 Å². The summed E-state index contributed by atoms with van der Waals surface area (Å²) in [7, 11) is 0. The quantitative estimate of drug-likeness (QED) is 0.765. The third kappa shape index (κ3) is 2.55. The average Bonchev–Trinajstić information content (AvgIpc) is 2.52. The molecule has 0 saturated heterocycles. The normalized spacial score (nSPS) is 11.7. The molecule has 0 atom stereocenters. The highest BCUT2D eigenvalue weighted by molar-refractivity contribution is 7.09. The Kier molecular flexibility index (Phi) is 3.28. The SMILES string of the molecule is CC(C)Cc1csc(C(C)(C)C#N)n1. The van der Waals surface area contributed by atoms with E-state index in [9.17, 15) is 0 Å². The molecule has 1 rings (SSSR count). The minimum absolute atomic E-state index is 0.445. The summed E-state index contributed by atoms with van der Waals surface area (Å²) in [5, 5.41) is 11.9. The van der Waals surface area contributed by atoms with Crippen molar-refractivity contribution in [2.45, 2.75) is 39.5 Å². The topological polar surface area (TPSA) is 36.7 Å². The molecule has 1 aromatic rings. The maximum atomic E-state index is 8.96. The first kappa shape index (κ1) is 11.2. The first-order valence-corrected chi connectivity index (χ1v) is 5.70. The number of hydrogen-bond donors (Lipinski definition) is 0. The number of aromatic nitrogens is 1. The zero-order chi connectivity index (χ0) is 10.8. The number of nitrogens with zero attached hydrogens (tertiary/aromatic N) is 2. The van der Waals surface area contributed by atoms with E-state index in [-0.39, 0.29) is 0 Å². The van der Waals surface area contributed by atoms with Gasteiger partial charge in [0, 0.05) is 5.38 Å². The lowest BCUT2D eigenvalue weighted by atomic mass is 9.97. The van der Waals surface area contributed by atoms with E-state index in [1.54, 1.807) is 11.3 Å². The van der Waals surface area contributed by atoms with Gasteiger partial charge in [0.2, 0.25) is 0 Å². The van der Waals surface area contributed by atoms with Crippen molar-refractivity contribution in [2.75, 3.05) is 0 Å². The smallest absolute Gasteiger partial charge is 0.113 e. The first-order valence-electron chi connectivity index (χ1n) is 4.82. The van der Waals surface area contributed by atoms with Gasteiger partial charge in [0.25, 0.3) is 0 Å². The molecule has 14 heavy (non-hydrogen) atoms. The van der Waals surface area contributed by atoms with Crippen LogP contribution >= 0.6 is 11.3 Å². The van der Waals surface area contributed by atoms with E-state index in [1.807, 2.05) is 13.8 Å². The van der Waals surface area contributed by atoms with E-state index >= 15 is 0 Å². The van der Waals surface area contributed by atoms with Crippen molar-refractivity contribution in [1.82, 2.24) is 4.98 Å². The predicted molar refractivity (Wildman–Crippen MR) is 59.3 cm³/mol. The molecule has 1 heterocycles. The van der Waals surface area contributed by atoms with Gasteiger partial charge >= 0.3 is 0 Å². The minimum atomic E-state index is -0.445. The number of rotatable bonds is 3. The highest BCUT2D eigenvalue weighted by Crippen LogP contribution is 2.26. The van der Waals surface area contributed by atoms with Crippen LogP contribution in [0.1, 0.15) is 38.4 Å². The van der Waals surface area contributed by atoms with Crippen molar-refractivity contribution in [2.24, 2.45) is 5.92 Å². The summed E-state index contributed by atoms with van der Waals surface area (Å²) in [6, 6.07) is 2.27. The van der Waals surface area contributed by atoms with Crippen LogP contribution in [0.4, 0.5) is 0 Å². The number of thiazole rings is 1. The Morgan fingerprint density at radius 3 is 2.71 bits per heavy atom. The summed E-state index contributed by atoms with van der Waals surface area (Å²) < 4.78 is 0. The molecule has 0 aromatic carbocycles.